The zero-order chi connectivity index (χ0) is 12.1. The molecule has 0 N–H and O–H groups in total. The summed E-state index contributed by atoms with van der Waals surface area (Å²) in [5, 5.41) is 0. The molecule has 0 saturated heterocycles. The normalized spacial score (nSPS) is 17.3. The third kappa shape index (κ3) is 1.50. The lowest BCUT2D eigenvalue weighted by Crippen LogP contribution is -2.10. The SMILES string of the molecule is Cc1c(C)c2c(c(C)c1C=O)CC(C)(C)C2. The van der Waals surface area contributed by atoms with Crippen LogP contribution in [-0.4, -0.2) is 6.29 Å². The molecule has 1 nitrogen and oxygen atoms in total. The minimum atomic E-state index is 0.353. The zero-order valence-electron chi connectivity index (χ0n) is 10.9. The topological polar surface area (TPSA) is 17.1 Å². The monoisotopic (exact) mass is 216 g/mol. The standard InChI is InChI=1S/C15H20O/c1-9-10(2)14(8-16)11(3)13-7-15(4,5)6-12(9)13/h8H,6-7H2,1-5H3. The smallest absolute Gasteiger partial charge is 0.150 e. The fraction of sp³-hybridized carbons (Fsp3) is 0.533. The van der Waals surface area contributed by atoms with Gasteiger partial charge < -0.3 is 0 Å². The molecule has 16 heavy (non-hydrogen) atoms. The molecular formula is C15H20O. The van der Waals surface area contributed by atoms with Crippen LogP contribution in [0.5, 0.6) is 0 Å². The van der Waals surface area contributed by atoms with Crippen LogP contribution in [0.15, 0.2) is 0 Å². The summed E-state index contributed by atoms with van der Waals surface area (Å²) in [4.78, 5) is 11.2. The molecule has 1 aromatic rings. The molecule has 1 aliphatic carbocycles. The van der Waals surface area contributed by atoms with E-state index >= 15 is 0 Å². The maximum Gasteiger partial charge on any atom is 0.150 e. The highest BCUT2D eigenvalue weighted by Crippen LogP contribution is 2.41. The summed E-state index contributed by atoms with van der Waals surface area (Å²) in [5.74, 6) is 0. The Hall–Kier alpha value is -1.11. The summed E-state index contributed by atoms with van der Waals surface area (Å²) in [5.41, 5.74) is 7.89. The van der Waals surface area contributed by atoms with Gasteiger partial charge in [-0.1, -0.05) is 13.8 Å². The minimum Gasteiger partial charge on any atom is -0.298 e. The molecule has 86 valence electrons. The molecule has 0 bridgehead atoms. The summed E-state index contributed by atoms with van der Waals surface area (Å²) >= 11 is 0. The van der Waals surface area contributed by atoms with Gasteiger partial charge in [0, 0.05) is 5.56 Å². The number of carbonyl (C=O) groups is 1. The third-order valence-corrected chi connectivity index (χ3v) is 4.07. The average Bonchev–Trinajstić information content (AvgIpc) is 2.52. The van der Waals surface area contributed by atoms with Gasteiger partial charge in [-0.3, -0.25) is 4.79 Å². The van der Waals surface area contributed by atoms with E-state index in [-0.39, 0.29) is 0 Å². The van der Waals surface area contributed by atoms with Crippen molar-refractivity contribution in [1.29, 1.82) is 0 Å². The van der Waals surface area contributed by atoms with Crippen molar-refractivity contribution in [2.45, 2.75) is 47.5 Å². The van der Waals surface area contributed by atoms with Gasteiger partial charge in [0.1, 0.15) is 0 Å². The maximum atomic E-state index is 11.2. The van der Waals surface area contributed by atoms with E-state index in [2.05, 4.69) is 34.6 Å². The van der Waals surface area contributed by atoms with Gasteiger partial charge in [-0.2, -0.15) is 0 Å². The summed E-state index contributed by atoms with van der Waals surface area (Å²) in [6.07, 6.45) is 3.27. The molecule has 0 atom stereocenters. The molecule has 0 fully saturated rings. The molecule has 0 spiro atoms. The Balaban J connectivity index is 2.73. The average molecular weight is 216 g/mol. The van der Waals surface area contributed by atoms with Gasteiger partial charge in [-0.05, 0) is 66.8 Å². The molecule has 0 unspecified atom stereocenters. The number of aldehydes is 1. The predicted octanol–water partition coefficient (Wildman–Crippen LogP) is 3.55. The minimum absolute atomic E-state index is 0.353. The van der Waals surface area contributed by atoms with Gasteiger partial charge in [-0.15, -0.1) is 0 Å². The third-order valence-electron chi connectivity index (χ3n) is 4.07. The predicted molar refractivity (Wildman–Crippen MR) is 67.2 cm³/mol. The Morgan fingerprint density at radius 2 is 1.44 bits per heavy atom. The van der Waals surface area contributed by atoms with Crippen molar-refractivity contribution < 1.29 is 4.79 Å². The largest absolute Gasteiger partial charge is 0.298 e. The second kappa shape index (κ2) is 3.44. The highest BCUT2D eigenvalue weighted by Gasteiger charge is 2.32. The Morgan fingerprint density at radius 1 is 0.938 bits per heavy atom. The van der Waals surface area contributed by atoms with Gasteiger partial charge in [0.15, 0.2) is 6.29 Å². The highest BCUT2D eigenvalue weighted by atomic mass is 16.1. The van der Waals surface area contributed by atoms with Crippen LogP contribution >= 0.6 is 0 Å². The quantitative estimate of drug-likeness (QED) is 0.656. The molecule has 2 rings (SSSR count). The lowest BCUT2D eigenvalue weighted by molar-refractivity contribution is 0.112. The summed E-state index contributed by atoms with van der Waals surface area (Å²) in [7, 11) is 0. The van der Waals surface area contributed by atoms with E-state index < -0.39 is 0 Å². The van der Waals surface area contributed by atoms with Crippen LogP contribution in [0.25, 0.3) is 0 Å². The number of carbonyl (C=O) groups excluding carboxylic acids is 1. The number of hydrogen-bond acceptors (Lipinski definition) is 1. The van der Waals surface area contributed by atoms with Gasteiger partial charge in [0.05, 0.1) is 0 Å². The van der Waals surface area contributed by atoms with Crippen LogP contribution in [0.4, 0.5) is 0 Å². The van der Waals surface area contributed by atoms with Crippen molar-refractivity contribution in [3.05, 3.63) is 33.4 Å². The van der Waals surface area contributed by atoms with E-state index in [4.69, 9.17) is 0 Å². The van der Waals surface area contributed by atoms with Crippen LogP contribution in [-0.2, 0) is 12.8 Å². The lowest BCUT2D eigenvalue weighted by Gasteiger charge is -2.15. The summed E-state index contributed by atoms with van der Waals surface area (Å²) in [6, 6.07) is 0. The first-order valence-electron chi connectivity index (χ1n) is 5.94. The van der Waals surface area contributed by atoms with E-state index in [1.165, 1.54) is 27.8 Å². The number of hydrogen-bond donors (Lipinski definition) is 0. The molecule has 1 aliphatic rings. The Kier molecular flexibility index (Phi) is 2.45. The molecule has 0 aromatic heterocycles. The molecular weight excluding hydrogens is 196 g/mol. The number of rotatable bonds is 1. The molecule has 0 amide bonds. The van der Waals surface area contributed by atoms with Crippen molar-refractivity contribution in [2.75, 3.05) is 0 Å². The Labute approximate surface area is 97.9 Å². The van der Waals surface area contributed by atoms with E-state index in [9.17, 15) is 4.79 Å². The van der Waals surface area contributed by atoms with Crippen molar-refractivity contribution in [3.8, 4) is 0 Å². The first-order valence-corrected chi connectivity index (χ1v) is 5.94. The van der Waals surface area contributed by atoms with Crippen LogP contribution in [0.2, 0.25) is 0 Å². The first-order chi connectivity index (χ1) is 7.37. The maximum absolute atomic E-state index is 11.2. The molecule has 1 heteroatoms. The fourth-order valence-electron chi connectivity index (χ4n) is 3.00. The van der Waals surface area contributed by atoms with E-state index in [1.807, 2.05) is 0 Å². The van der Waals surface area contributed by atoms with Crippen LogP contribution in [0.1, 0.15) is 52.0 Å². The van der Waals surface area contributed by atoms with Crippen molar-refractivity contribution in [1.82, 2.24) is 0 Å². The first kappa shape index (κ1) is 11.4. The van der Waals surface area contributed by atoms with Crippen LogP contribution in [0, 0.1) is 26.2 Å². The van der Waals surface area contributed by atoms with Crippen LogP contribution in [0.3, 0.4) is 0 Å². The fourth-order valence-corrected chi connectivity index (χ4v) is 3.00. The van der Waals surface area contributed by atoms with Crippen molar-refractivity contribution in [3.63, 3.8) is 0 Å². The van der Waals surface area contributed by atoms with Gasteiger partial charge in [-0.25, -0.2) is 0 Å². The van der Waals surface area contributed by atoms with Crippen molar-refractivity contribution >= 4 is 6.29 Å². The van der Waals surface area contributed by atoms with Crippen LogP contribution < -0.4 is 0 Å². The Morgan fingerprint density at radius 3 is 1.94 bits per heavy atom. The van der Waals surface area contributed by atoms with E-state index in [0.717, 1.165) is 24.7 Å². The lowest BCUT2D eigenvalue weighted by atomic mass is 9.90. The van der Waals surface area contributed by atoms with Gasteiger partial charge >= 0.3 is 0 Å². The molecule has 0 heterocycles. The second-order valence-corrected chi connectivity index (χ2v) is 5.88. The summed E-state index contributed by atoms with van der Waals surface area (Å²) in [6.45, 7) is 10.9. The zero-order valence-corrected chi connectivity index (χ0v) is 10.9. The summed E-state index contributed by atoms with van der Waals surface area (Å²) < 4.78 is 0. The number of benzene rings is 1. The van der Waals surface area contributed by atoms with Crippen molar-refractivity contribution in [2.24, 2.45) is 5.41 Å². The van der Waals surface area contributed by atoms with Gasteiger partial charge in [0.2, 0.25) is 0 Å². The molecule has 0 saturated carbocycles. The molecule has 0 radical (unpaired) electrons. The molecule has 0 aliphatic heterocycles. The van der Waals surface area contributed by atoms with Gasteiger partial charge in [0.25, 0.3) is 0 Å². The Bertz CT molecular complexity index is 467. The van der Waals surface area contributed by atoms with E-state index in [1.54, 1.807) is 0 Å². The van der Waals surface area contributed by atoms with E-state index in [0.29, 0.717) is 5.41 Å². The number of fused-ring (bicyclic) bond motifs is 1. The molecule has 1 aromatic carbocycles. The highest BCUT2D eigenvalue weighted by molar-refractivity contribution is 5.82. The second-order valence-electron chi connectivity index (χ2n) is 5.88.